The molecule has 148 valence electrons. The molecule has 1 heterocycles. The number of hydrogen-bond acceptors (Lipinski definition) is 4. The largest absolute Gasteiger partial charge is 0.573 e. The summed E-state index contributed by atoms with van der Waals surface area (Å²) in [5.41, 5.74) is -1.07. The second-order valence-corrected chi connectivity index (χ2v) is 6.81. The zero-order chi connectivity index (χ0) is 20.4. The van der Waals surface area contributed by atoms with Gasteiger partial charge in [0.1, 0.15) is 11.8 Å². The second-order valence-electron chi connectivity index (χ2n) is 6.81. The number of benzene rings is 1. The van der Waals surface area contributed by atoms with E-state index in [2.05, 4.69) is 10.1 Å². The van der Waals surface area contributed by atoms with Crippen molar-refractivity contribution in [1.29, 1.82) is 0 Å². The Labute approximate surface area is 153 Å². The van der Waals surface area contributed by atoms with Crippen molar-refractivity contribution in [3.63, 3.8) is 0 Å². The minimum atomic E-state index is -4.85. The third kappa shape index (κ3) is 5.35. The molecular formula is C17H19F3N2O5. The number of hydrogen-bond donors (Lipinski definition) is 2. The molecule has 0 aromatic heterocycles. The highest BCUT2D eigenvalue weighted by Crippen LogP contribution is 2.29. The van der Waals surface area contributed by atoms with Crippen LogP contribution in [0.15, 0.2) is 24.3 Å². The molecule has 1 saturated heterocycles. The van der Waals surface area contributed by atoms with E-state index in [4.69, 9.17) is 5.11 Å². The minimum absolute atomic E-state index is 0.196. The van der Waals surface area contributed by atoms with Crippen molar-refractivity contribution >= 4 is 23.5 Å². The maximum Gasteiger partial charge on any atom is 0.573 e. The Morgan fingerprint density at radius 3 is 2.59 bits per heavy atom. The van der Waals surface area contributed by atoms with Crippen molar-refractivity contribution in [1.82, 2.24) is 5.32 Å². The molecule has 0 saturated carbocycles. The summed E-state index contributed by atoms with van der Waals surface area (Å²) in [5, 5.41) is 11.5. The molecule has 1 aromatic carbocycles. The number of carbonyl (C=O) groups excluding carboxylic acids is 2. The van der Waals surface area contributed by atoms with Crippen LogP contribution in [0.1, 0.15) is 26.7 Å². The lowest BCUT2D eigenvalue weighted by Gasteiger charge is -2.21. The third-order valence-corrected chi connectivity index (χ3v) is 4.09. The number of rotatable bonds is 6. The van der Waals surface area contributed by atoms with Gasteiger partial charge >= 0.3 is 12.3 Å². The highest BCUT2D eigenvalue weighted by Gasteiger charge is 2.37. The van der Waals surface area contributed by atoms with Crippen LogP contribution < -0.4 is 15.0 Å². The van der Waals surface area contributed by atoms with E-state index < -0.39 is 41.4 Å². The standard InChI is InChI=1S/C17H19F3N2O5/c1-16(2,15(25)26)9-13(23)21-12-6-7-22(14(12)24)10-4-3-5-11(8-10)27-17(18,19)20/h3-5,8,12H,6-7,9H2,1-2H3,(H,21,23)(H,25,26). The molecule has 7 nitrogen and oxygen atoms in total. The molecule has 1 aliphatic rings. The van der Waals surface area contributed by atoms with Crippen molar-refractivity contribution in [2.75, 3.05) is 11.4 Å². The molecule has 27 heavy (non-hydrogen) atoms. The molecule has 1 aromatic rings. The van der Waals surface area contributed by atoms with Crippen molar-refractivity contribution in [3.8, 4) is 5.75 Å². The van der Waals surface area contributed by atoms with Gasteiger partial charge in [-0.25, -0.2) is 0 Å². The van der Waals surface area contributed by atoms with Gasteiger partial charge in [0.2, 0.25) is 11.8 Å². The molecule has 0 aliphatic carbocycles. The minimum Gasteiger partial charge on any atom is -0.481 e. The lowest BCUT2D eigenvalue weighted by atomic mass is 9.89. The van der Waals surface area contributed by atoms with Crippen molar-refractivity contribution in [2.24, 2.45) is 5.41 Å². The first kappa shape index (κ1) is 20.5. The molecule has 1 unspecified atom stereocenters. The number of alkyl halides is 3. The fraction of sp³-hybridized carbons (Fsp3) is 0.471. The van der Waals surface area contributed by atoms with E-state index in [1.54, 1.807) is 0 Å². The fourth-order valence-corrected chi connectivity index (χ4v) is 2.64. The molecule has 1 atom stereocenters. The van der Waals surface area contributed by atoms with E-state index in [0.717, 1.165) is 12.1 Å². The molecule has 0 radical (unpaired) electrons. The lowest BCUT2D eigenvalue weighted by Crippen LogP contribution is -2.43. The van der Waals surface area contributed by atoms with E-state index >= 15 is 0 Å². The number of amides is 2. The average molecular weight is 388 g/mol. The molecule has 2 rings (SSSR count). The van der Waals surface area contributed by atoms with E-state index in [9.17, 15) is 27.6 Å². The van der Waals surface area contributed by atoms with Gasteiger partial charge in [-0.1, -0.05) is 6.07 Å². The van der Waals surface area contributed by atoms with E-state index in [1.165, 1.54) is 30.9 Å². The number of carboxylic acids is 1. The summed E-state index contributed by atoms with van der Waals surface area (Å²) in [6.07, 6.45) is -4.90. The highest BCUT2D eigenvalue weighted by atomic mass is 19.4. The quantitative estimate of drug-likeness (QED) is 0.780. The second kappa shape index (κ2) is 7.45. The van der Waals surface area contributed by atoms with Crippen LogP contribution in [0.2, 0.25) is 0 Å². The summed E-state index contributed by atoms with van der Waals surface area (Å²) >= 11 is 0. The third-order valence-electron chi connectivity index (χ3n) is 4.09. The number of carbonyl (C=O) groups is 3. The number of anilines is 1. The molecule has 1 fully saturated rings. The molecular weight excluding hydrogens is 369 g/mol. The number of aliphatic carboxylic acids is 1. The van der Waals surface area contributed by atoms with Gasteiger partial charge in [0.25, 0.3) is 0 Å². The van der Waals surface area contributed by atoms with E-state index in [0.29, 0.717) is 0 Å². The van der Waals surface area contributed by atoms with Crippen molar-refractivity contribution < 1.29 is 37.4 Å². The Hall–Kier alpha value is -2.78. The number of nitrogens with zero attached hydrogens (tertiary/aromatic N) is 1. The van der Waals surface area contributed by atoms with E-state index in [1.807, 2.05) is 0 Å². The first-order chi connectivity index (χ1) is 12.4. The Morgan fingerprint density at radius 2 is 2.00 bits per heavy atom. The Balaban J connectivity index is 2.03. The number of halogens is 3. The van der Waals surface area contributed by atoms with Gasteiger partial charge in [-0.3, -0.25) is 14.4 Å². The van der Waals surface area contributed by atoms with Crippen LogP contribution in [0.5, 0.6) is 5.75 Å². The van der Waals surface area contributed by atoms with Gasteiger partial charge < -0.3 is 20.1 Å². The lowest BCUT2D eigenvalue weighted by molar-refractivity contribution is -0.274. The van der Waals surface area contributed by atoms with Crippen LogP contribution in [0.4, 0.5) is 18.9 Å². The maximum atomic E-state index is 12.5. The van der Waals surface area contributed by atoms with Crippen LogP contribution in [0.25, 0.3) is 0 Å². The predicted octanol–water partition coefficient (Wildman–Crippen LogP) is 2.31. The summed E-state index contributed by atoms with van der Waals surface area (Å²) in [4.78, 5) is 36.8. The monoisotopic (exact) mass is 388 g/mol. The predicted molar refractivity (Wildman–Crippen MR) is 88.1 cm³/mol. The Morgan fingerprint density at radius 1 is 1.33 bits per heavy atom. The van der Waals surface area contributed by atoms with Crippen LogP contribution in [0.3, 0.4) is 0 Å². The normalized spacial score (nSPS) is 17.7. The maximum absolute atomic E-state index is 12.5. The topological polar surface area (TPSA) is 95.9 Å². The van der Waals surface area contributed by atoms with Crippen LogP contribution >= 0.6 is 0 Å². The number of nitrogens with one attached hydrogen (secondary N) is 1. The van der Waals surface area contributed by atoms with Crippen molar-refractivity contribution in [3.05, 3.63) is 24.3 Å². The summed E-state index contributed by atoms with van der Waals surface area (Å²) < 4.78 is 40.8. The summed E-state index contributed by atoms with van der Waals surface area (Å²) in [7, 11) is 0. The highest BCUT2D eigenvalue weighted by molar-refractivity contribution is 6.01. The summed E-state index contributed by atoms with van der Waals surface area (Å²) in [6, 6.07) is 4.12. The van der Waals surface area contributed by atoms with E-state index in [-0.39, 0.29) is 25.1 Å². The van der Waals surface area contributed by atoms with Crippen LogP contribution in [-0.2, 0) is 14.4 Å². The van der Waals surface area contributed by atoms with Crippen LogP contribution in [0, 0.1) is 5.41 Å². The zero-order valence-electron chi connectivity index (χ0n) is 14.7. The fourth-order valence-electron chi connectivity index (χ4n) is 2.64. The van der Waals surface area contributed by atoms with Gasteiger partial charge in [-0.15, -0.1) is 13.2 Å². The summed E-state index contributed by atoms with van der Waals surface area (Å²) in [6.45, 7) is 2.98. The average Bonchev–Trinajstić information content (AvgIpc) is 2.86. The zero-order valence-corrected chi connectivity index (χ0v) is 14.7. The Bertz CT molecular complexity index is 748. The van der Waals surface area contributed by atoms with Gasteiger partial charge in [0.15, 0.2) is 0 Å². The smallest absolute Gasteiger partial charge is 0.481 e. The molecule has 0 bridgehead atoms. The molecule has 10 heteroatoms. The molecule has 1 aliphatic heterocycles. The first-order valence-electron chi connectivity index (χ1n) is 8.09. The Kier molecular flexibility index (Phi) is 5.67. The number of ether oxygens (including phenoxy) is 1. The summed E-state index contributed by atoms with van der Waals surface area (Å²) in [5.74, 6) is -2.67. The van der Waals surface area contributed by atoms with Gasteiger partial charge in [-0.2, -0.15) is 0 Å². The first-order valence-corrected chi connectivity index (χ1v) is 8.09. The molecule has 2 N–H and O–H groups in total. The van der Waals surface area contributed by atoms with Gasteiger partial charge in [-0.05, 0) is 32.4 Å². The van der Waals surface area contributed by atoms with Crippen molar-refractivity contribution in [2.45, 2.75) is 39.1 Å². The molecule has 2 amide bonds. The SMILES string of the molecule is CC(C)(CC(=O)NC1CCN(c2cccc(OC(F)(F)F)c2)C1=O)C(=O)O. The van der Waals surface area contributed by atoms with Gasteiger partial charge in [0.05, 0.1) is 5.41 Å². The van der Waals surface area contributed by atoms with Crippen LogP contribution in [-0.4, -0.2) is 41.8 Å². The number of carboxylic acid groups (broad SMARTS) is 1. The van der Waals surface area contributed by atoms with Gasteiger partial charge in [0, 0.05) is 24.7 Å². The molecule has 0 spiro atoms.